The lowest BCUT2D eigenvalue weighted by Gasteiger charge is -2.23. The highest BCUT2D eigenvalue weighted by atomic mass is 32.1. The van der Waals surface area contributed by atoms with E-state index in [9.17, 15) is 0 Å². The molecule has 0 aliphatic carbocycles. The molecule has 0 fully saturated rings. The number of hydrogen-bond acceptors (Lipinski definition) is 6. The van der Waals surface area contributed by atoms with Crippen LogP contribution in [0.3, 0.4) is 0 Å². The van der Waals surface area contributed by atoms with Gasteiger partial charge in [-0.05, 0) is 49.6 Å². The first-order valence-electron chi connectivity index (χ1n) is 7.23. The maximum absolute atomic E-state index is 6.00. The zero-order valence-corrected chi connectivity index (χ0v) is 13.7. The van der Waals surface area contributed by atoms with Gasteiger partial charge in [-0.1, -0.05) is 6.92 Å². The van der Waals surface area contributed by atoms with Crippen molar-refractivity contribution in [3.05, 3.63) is 24.5 Å². The van der Waals surface area contributed by atoms with E-state index in [0.717, 1.165) is 35.6 Å². The van der Waals surface area contributed by atoms with E-state index in [1.807, 2.05) is 12.1 Å². The van der Waals surface area contributed by atoms with Crippen molar-refractivity contribution in [2.45, 2.75) is 26.3 Å². The highest BCUT2D eigenvalue weighted by Crippen LogP contribution is 2.36. The molecule has 1 unspecified atom stereocenters. The van der Waals surface area contributed by atoms with Crippen molar-refractivity contribution in [1.29, 1.82) is 0 Å². The van der Waals surface area contributed by atoms with Crippen molar-refractivity contribution < 1.29 is 0 Å². The first-order chi connectivity index (χ1) is 10.1. The monoisotopic (exact) mass is 305 g/mol. The molecule has 0 amide bonds. The van der Waals surface area contributed by atoms with Crippen LogP contribution in [0.5, 0.6) is 0 Å². The smallest absolute Gasteiger partial charge is 0.147 e. The van der Waals surface area contributed by atoms with Gasteiger partial charge in [0.15, 0.2) is 0 Å². The first-order valence-corrected chi connectivity index (χ1v) is 8.00. The number of likely N-dealkylation sites (N-methyl/N-ethyl adjacent to an activating group) is 1. The number of nitrogen functional groups attached to an aromatic ring is 1. The number of pyridine rings is 1. The van der Waals surface area contributed by atoms with Crippen molar-refractivity contribution in [1.82, 2.24) is 14.3 Å². The number of rotatable bonds is 7. The predicted molar refractivity (Wildman–Crippen MR) is 90.6 cm³/mol. The lowest BCUT2D eigenvalue weighted by atomic mass is 10.1. The molecule has 21 heavy (non-hydrogen) atoms. The predicted octanol–water partition coefficient (Wildman–Crippen LogP) is 2.93. The molecule has 1 atom stereocenters. The lowest BCUT2D eigenvalue weighted by Crippen LogP contribution is -2.32. The van der Waals surface area contributed by atoms with Crippen molar-refractivity contribution >= 4 is 22.4 Å². The Morgan fingerprint density at radius 2 is 2.10 bits per heavy atom. The van der Waals surface area contributed by atoms with Crippen LogP contribution in [-0.2, 0) is 0 Å². The van der Waals surface area contributed by atoms with Crippen molar-refractivity contribution in [2.24, 2.45) is 0 Å². The molecule has 2 rings (SSSR count). The lowest BCUT2D eigenvalue weighted by molar-refractivity contribution is 0.261. The van der Waals surface area contributed by atoms with Crippen LogP contribution in [0.15, 0.2) is 24.5 Å². The Bertz CT molecular complexity index is 554. The van der Waals surface area contributed by atoms with E-state index in [4.69, 9.17) is 5.73 Å². The third-order valence-electron chi connectivity index (χ3n) is 3.78. The maximum Gasteiger partial charge on any atom is 0.147 e. The minimum absolute atomic E-state index is 0.573. The quantitative estimate of drug-likeness (QED) is 0.823. The fourth-order valence-corrected chi connectivity index (χ4v) is 2.86. The molecule has 0 radical (unpaired) electrons. The van der Waals surface area contributed by atoms with E-state index in [-0.39, 0.29) is 0 Å². The van der Waals surface area contributed by atoms with Crippen LogP contribution in [-0.4, -0.2) is 40.4 Å². The highest BCUT2D eigenvalue weighted by Gasteiger charge is 2.13. The average Bonchev–Trinajstić information content (AvgIpc) is 2.88. The number of nitrogens with one attached hydrogen (secondary N) is 1. The van der Waals surface area contributed by atoms with Gasteiger partial charge in [-0.3, -0.25) is 4.98 Å². The molecule has 0 saturated carbocycles. The van der Waals surface area contributed by atoms with E-state index < -0.39 is 0 Å². The number of anilines is 2. The molecule has 0 aliphatic rings. The van der Waals surface area contributed by atoms with Gasteiger partial charge >= 0.3 is 0 Å². The number of nitrogens with two attached hydrogens (primary N) is 1. The van der Waals surface area contributed by atoms with Gasteiger partial charge in [-0.15, -0.1) is 0 Å². The summed E-state index contributed by atoms with van der Waals surface area (Å²) in [4.78, 5) is 6.39. The van der Waals surface area contributed by atoms with Crippen LogP contribution < -0.4 is 11.1 Å². The van der Waals surface area contributed by atoms with E-state index in [0.29, 0.717) is 11.9 Å². The van der Waals surface area contributed by atoms with E-state index >= 15 is 0 Å². The second-order valence-corrected chi connectivity index (χ2v) is 5.95. The van der Waals surface area contributed by atoms with Gasteiger partial charge in [0, 0.05) is 31.5 Å². The molecule has 3 N–H and O–H groups in total. The normalized spacial score (nSPS) is 12.6. The van der Waals surface area contributed by atoms with Crippen LogP contribution in [0, 0.1) is 0 Å². The van der Waals surface area contributed by atoms with E-state index in [1.165, 1.54) is 11.5 Å². The maximum atomic E-state index is 6.00. The summed E-state index contributed by atoms with van der Waals surface area (Å²) in [7, 11) is 2.15. The Labute approximate surface area is 130 Å². The number of nitrogens with zero attached hydrogens (tertiary/aromatic N) is 3. The first kappa shape index (κ1) is 15.7. The van der Waals surface area contributed by atoms with Crippen LogP contribution >= 0.6 is 11.5 Å². The van der Waals surface area contributed by atoms with Crippen LogP contribution in [0.1, 0.15) is 20.3 Å². The van der Waals surface area contributed by atoms with Gasteiger partial charge in [0.1, 0.15) is 10.8 Å². The molecular formula is C15H23N5S. The summed E-state index contributed by atoms with van der Waals surface area (Å²) < 4.78 is 4.26. The molecule has 0 bridgehead atoms. The minimum atomic E-state index is 0.573. The Balaban J connectivity index is 2.02. The summed E-state index contributed by atoms with van der Waals surface area (Å²) in [6.07, 6.45) is 4.70. The van der Waals surface area contributed by atoms with Crippen molar-refractivity contribution in [2.75, 3.05) is 31.2 Å². The summed E-state index contributed by atoms with van der Waals surface area (Å²) >= 11 is 1.41. The SMILES string of the molecule is CCC(C)N(C)CCNc1snc(N)c1-c1ccncc1. The molecule has 5 nitrogen and oxygen atoms in total. The zero-order chi connectivity index (χ0) is 15.2. The third kappa shape index (κ3) is 3.92. The highest BCUT2D eigenvalue weighted by molar-refractivity contribution is 7.11. The Morgan fingerprint density at radius 3 is 2.76 bits per heavy atom. The van der Waals surface area contributed by atoms with Crippen LogP contribution in [0.2, 0.25) is 0 Å². The summed E-state index contributed by atoms with van der Waals surface area (Å²) in [5.41, 5.74) is 8.03. The molecule has 0 aliphatic heterocycles. The molecule has 2 heterocycles. The van der Waals surface area contributed by atoms with Gasteiger partial charge in [0.2, 0.25) is 0 Å². The van der Waals surface area contributed by atoms with Gasteiger partial charge < -0.3 is 16.0 Å². The van der Waals surface area contributed by atoms with Gasteiger partial charge in [-0.25, -0.2) is 0 Å². The summed E-state index contributed by atoms with van der Waals surface area (Å²) in [6.45, 7) is 6.32. The Kier molecular flexibility index (Phi) is 5.52. The number of aromatic nitrogens is 2. The molecule has 2 aromatic rings. The fourth-order valence-electron chi connectivity index (χ4n) is 2.10. The Hall–Kier alpha value is -1.66. The second-order valence-electron chi connectivity index (χ2n) is 5.17. The zero-order valence-electron chi connectivity index (χ0n) is 12.8. The van der Waals surface area contributed by atoms with Gasteiger partial charge in [0.25, 0.3) is 0 Å². The van der Waals surface area contributed by atoms with Crippen molar-refractivity contribution in [3.63, 3.8) is 0 Å². The molecule has 0 saturated heterocycles. The van der Waals surface area contributed by atoms with Crippen LogP contribution in [0.25, 0.3) is 11.1 Å². The molecule has 6 heteroatoms. The fraction of sp³-hybridized carbons (Fsp3) is 0.467. The second kappa shape index (κ2) is 7.38. The molecule has 114 valence electrons. The van der Waals surface area contributed by atoms with Gasteiger partial charge in [-0.2, -0.15) is 4.37 Å². The third-order valence-corrected chi connectivity index (χ3v) is 4.60. The molecular weight excluding hydrogens is 282 g/mol. The Morgan fingerprint density at radius 1 is 1.38 bits per heavy atom. The molecule has 0 spiro atoms. The average molecular weight is 305 g/mol. The topological polar surface area (TPSA) is 67.1 Å². The number of hydrogen-bond donors (Lipinski definition) is 2. The molecule has 2 aromatic heterocycles. The summed E-state index contributed by atoms with van der Waals surface area (Å²) in [6, 6.07) is 4.51. The summed E-state index contributed by atoms with van der Waals surface area (Å²) in [5.74, 6) is 0.573. The van der Waals surface area contributed by atoms with Crippen LogP contribution in [0.4, 0.5) is 10.8 Å². The standard InChI is InChI=1S/C15H23N5S/c1-4-11(2)20(3)10-9-18-15-13(14(16)19-21-15)12-5-7-17-8-6-12/h5-8,11,18H,4,9-10H2,1-3H3,(H2,16,19). The molecule has 0 aromatic carbocycles. The summed E-state index contributed by atoms with van der Waals surface area (Å²) in [5, 5.41) is 4.48. The minimum Gasteiger partial charge on any atom is -0.382 e. The van der Waals surface area contributed by atoms with E-state index in [1.54, 1.807) is 12.4 Å². The van der Waals surface area contributed by atoms with Gasteiger partial charge in [0.05, 0.1) is 5.56 Å². The van der Waals surface area contributed by atoms with Crippen molar-refractivity contribution in [3.8, 4) is 11.1 Å². The van der Waals surface area contributed by atoms with E-state index in [2.05, 4.69) is 40.5 Å². The largest absolute Gasteiger partial charge is 0.382 e.